The molecule has 3 atom stereocenters. The lowest BCUT2D eigenvalue weighted by atomic mass is 9.92. The van der Waals surface area contributed by atoms with Gasteiger partial charge in [0.2, 0.25) is 0 Å². The van der Waals surface area contributed by atoms with Gasteiger partial charge in [0.1, 0.15) is 0 Å². The highest BCUT2D eigenvalue weighted by Gasteiger charge is 2.29. The fourth-order valence-corrected chi connectivity index (χ4v) is 5.41. The second-order valence-corrected chi connectivity index (χ2v) is 9.81. The number of likely N-dealkylation sites (tertiary alicyclic amines) is 1. The van der Waals surface area contributed by atoms with E-state index in [1.807, 2.05) is 0 Å². The number of nitrogens with one attached hydrogen (secondary N) is 1. The van der Waals surface area contributed by atoms with Gasteiger partial charge in [-0.1, -0.05) is 13.8 Å². The van der Waals surface area contributed by atoms with Gasteiger partial charge in [0, 0.05) is 25.7 Å². The Labute approximate surface area is 135 Å². The summed E-state index contributed by atoms with van der Waals surface area (Å²) in [6.45, 7) is 11.5. The zero-order valence-electron chi connectivity index (χ0n) is 14.4. The number of nitrogens with zero attached hydrogens (tertiary/aromatic N) is 2. The Morgan fingerprint density at radius 1 is 1.27 bits per heavy atom. The Balaban J connectivity index is 2.03. The van der Waals surface area contributed by atoms with Crippen molar-refractivity contribution in [3.63, 3.8) is 0 Å². The topological polar surface area (TPSA) is 61.8 Å². The van der Waals surface area contributed by atoms with E-state index in [0.717, 1.165) is 25.5 Å². The summed E-state index contributed by atoms with van der Waals surface area (Å²) in [4.78, 5) is 7.12. The van der Waals surface area contributed by atoms with E-state index in [9.17, 15) is 8.42 Å². The minimum Gasteiger partial charge on any atom is -0.354 e. The van der Waals surface area contributed by atoms with E-state index in [4.69, 9.17) is 4.99 Å². The smallest absolute Gasteiger partial charge is 0.194 e. The third kappa shape index (κ3) is 5.14. The summed E-state index contributed by atoms with van der Waals surface area (Å²) < 4.78 is 23.2. The monoisotopic (exact) mass is 329 g/mol. The van der Waals surface area contributed by atoms with E-state index in [2.05, 4.69) is 37.9 Å². The molecular weight excluding hydrogens is 298 g/mol. The van der Waals surface area contributed by atoms with E-state index in [1.165, 1.54) is 6.42 Å². The molecular formula is C16H31N3O2S. The van der Waals surface area contributed by atoms with E-state index in [1.54, 1.807) is 0 Å². The third-order valence-electron chi connectivity index (χ3n) is 4.41. The highest BCUT2D eigenvalue weighted by Crippen LogP contribution is 2.22. The Morgan fingerprint density at radius 2 is 1.91 bits per heavy atom. The van der Waals surface area contributed by atoms with Crippen molar-refractivity contribution in [3.05, 3.63) is 0 Å². The Hall–Kier alpha value is -0.780. The van der Waals surface area contributed by atoms with Crippen molar-refractivity contribution in [2.24, 2.45) is 22.7 Å². The molecule has 0 spiro atoms. The van der Waals surface area contributed by atoms with Gasteiger partial charge in [0.05, 0.1) is 11.5 Å². The minimum absolute atomic E-state index is 0.189. The van der Waals surface area contributed by atoms with Crippen LogP contribution in [-0.2, 0) is 9.84 Å². The molecule has 2 saturated heterocycles. The molecule has 1 N–H and O–H groups in total. The summed E-state index contributed by atoms with van der Waals surface area (Å²) >= 11 is 0. The molecule has 0 saturated carbocycles. The Bertz CT molecular complexity index is 492. The molecule has 0 radical (unpaired) electrons. The van der Waals surface area contributed by atoms with Crippen LogP contribution < -0.4 is 5.32 Å². The summed E-state index contributed by atoms with van der Waals surface area (Å²) in [5, 5.41) is 3.46. The first-order valence-electron chi connectivity index (χ1n) is 8.51. The molecule has 0 aromatic heterocycles. The predicted octanol–water partition coefficient (Wildman–Crippen LogP) is 1.75. The standard InChI is InChI=1S/C16H31N3O2S/c1-12(2)18-16(19-9-13(3)7-14(4)10-19)17-8-15-5-6-22(20,21)11-15/h12-15H,5-11H2,1-4H3,(H,17,18). The maximum absolute atomic E-state index is 11.6. The van der Waals surface area contributed by atoms with Crippen LogP contribution >= 0.6 is 0 Å². The van der Waals surface area contributed by atoms with Crippen molar-refractivity contribution >= 4 is 15.8 Å². The van der Waals surface area contributed by atoms with Crippen molar-refractivity contribution in [3.8, 4) is 0 Å². The van der Waals surface area contributed by atoms with E-state index >= 15 is 0 Å². The van der Waals surface area contributed by atoms with Crippen molar-refractivity contribution in [1.82, 2.24) is 10.2 Å². The molecule has 2 heterocycles. The quantitative estimate of drug-likeness (QED) is 0.633. The van der Waals surface area contributed by atoms with Crippen molar-refractivity contribution in [2.45, 2.75) is 46.6 Å². The van der Waals surface area contributed by atoms with Crippen LogP contribution in [-0.4, -0.2) is 56.5 Å². The first-order valence-corrected chi connectivity index (χ1v) is 10.3. The van der Waals surface area contributed by atoms with Crippen molar-refractivity contribution in [2.75, 3.05) is 31.1 Å². The molecule has 0 bridgehead atoms. The van der Waals surface area contributed by atoms with Crippen LogP contribution in [0, 0.1) is 17.8 Å². The molecule has 128 valence electrons. The molecule has 2 aliphatic heterocycles. The van der Waals surface area contributed by atoms with Gasteiger partial charge in [-0.25, -0.2) is 8.42 Å². The summed E-state index contributed by atoms with van der Waals surface area (Å²) in [5.74, 6) is 3.13. The lowest BCUT2D eigenvalue weighted by Crippen LogP contribution is -2.50. The molecule has 0 aromatic rings. The van der Waals surface area contributed by atoms with Gasteiger partial charge in [0.15, 0.2) is 15.8 Å². The van der Waals surface area contributed by atoms with Crippen molar-refractivity contribution in [1.29, 1.82) is 0 Å². The number of guanidine groups is 1. The van der Waals surface area contributed by atoms with Gasteiger partial charge in [0.25, 0.3) is 0 Å². The van der Waals surface area contributed by atoms with Crippen LogP contribution in [0.2, 0.25) is 0 Å². The highest BCUT2D eigenvalue weighted by molar-refractivity contribution is 7.91. The largest absolute Gasteiger partial charge is 0.354 e. The van der Waals surface area contributed by atoms with Crippen LogP contribution in [0.15, 0.2) is 4.99 Å². The van der Waals surface area contributed by atoms with Gasteiger partial charge >= 0.3 is 0 Å². The molecule has 0 amide bonds. The summed E-state index contributed by atoms with van der Waals surface area (Å²) in [6.07, 6.45) is 2.03. The molecule has 2 fully saturated rings. The Kier molecular flexibility index (Phi) is 5.75. The van der Waals surface area contributed by atoms with Gasteiger partial charge in [-0.2, -0.15) is 0 Å². The number of sulfone groups is 1. The molecule has 2 rings (SSSR count). The van der Waals surface area contributed by atoms with Gasteiger partial charge < -0.3 is 10.2 Å². The molecule has 0 aromatic carbocycles. The number of piperidine rings is 1. The molecule has 3 unspecified atom stereocenters. The van der Waals surface area contributed by atoms with E-state index in [0.29, 0.717) is 35.9 Å². The zero-order chi connectivity index (χ0) is 16.3. The lowest BCUT2D eigenvalue weighted by molar-refractivity contribution is 0.207. The molecule has 2 aliphatic rings. The fourth-order valence-electron chi connectivity index (χ4n) is 3.56. The first kappa shape index (κ1) is 17.6. The van der Waals surface area contributed by atoms with Gasteiger partial charge in [-0.05, 0) is 44.4 Å². The summed E-state index contributed by atoms with van der Waals surface area (Å²) in [5.41, 5.74) is 0. The fraction of sp³-hybridized carbons (Fsp3) is 0.938. The Morgan fingerprint density at radius 3 is 2.41 bits per heavy atom. The van der Waals surface area contributed by atoms with E-state index in [-0.39, 0.29) is 5.92 Å². The predicted molar refractivity (Wildman–Crippen MR) is 91.9 cm³/mol. The van der Waals surface area contributed by atoms with Crippen LogP contribution in [0.4, 0.5) is 0 Å². The first-order chi connectivity index (χ1) is 10.2. The van der Waals surface area contributed by atoms with Gasteiger partial charge in [-0.3, -0.25) is 4.99 Å². The molecule has 5 nitrogen and oxygen atoms in total. The normalized spacial score (nSPS) is 32.5. The number of rotatable bonds is 3. The number of hydrogen-bond acceptors (Lipinski definition) is 3. The van der Waals surface area contributed by atoms with Crippen LogP contribution in [0.1, 0.15) is 40.5 Å². The van der Waals surface area contributed by atoms with E-state index < -0.39 is 9.84 Å². The van der Waals surface area contributed by atoms with Crippen molar-refractivity contribution < 1.29 is 8.42 Å². The van der Waals surface area contributed by atoms with Crippen LogP contribution in [0.5, 0.6) is 0 Å². The molecule has 6 heteroatoms. The molecule has 0 aliphatic carbocycles. The van der Waals surface area contributed by atoms with Gasteiger partial charge in [-0.15, -0.1) is 0 Å². The second-order valence-electron chi connectivity index (χ2n) is 7.58. The van der Waals surface area contributed by atoms with Crippen LogP contribution in [0.3, 0.4) is 0 Å². The summed E-state index contributed by atoms with van der Waals surface area (Å²) in [7, 11) is -2.81. The number of hydrogen-bond donors (Lipinski definition) is 1. The molecule has 22 heavy (non-hydrogen) atoms. The summed E-state index contributed by atoms with van der Waals surface area (Å²) in [6, 6.07) is 0.332. The minimum atomic E-state index is -2.81. The SMILES string of the molecule is CC1CC(C)CN(C(=NCC2CCS(=O)(=O)C2)NC(C)C)C1. The maximum atomic E-state index is 11.6. The number of aliphatic imine (C=N–C) groups is 1. The maximum Gasteiger partial charge on any atom is 0.194 e. The highest BCUT2D eigenvalue weighted by atomic mass is 32.2. The van der Waals surface area contributed by atoms with Crippen LogP contribution in [0.25, 0.3) is 0 Å². The average Bonchev–Trinajstić information content (AvgIpc) is 2.72. The average molecular weight is 330 g/mol. The second kappa shape index (κ2) is 7.20. The lowest BCUT2D eigenvalue weighted by Gasteiger charge is -2.37. The zero-order valence-corrected chi connectivity index (χ0v) is 15.2. The third-order valence-corrected chi connectivity index (χ3v) is 6.25.